The fourth-order valence-corrected chi connectivity index (χ4v) is 3.81. The number of esters is 1. The van der Waals surface area contributed by atoms with Crippen LogP contribution in [-0.4, -0.2) is 52.0 Å². The van der Waals surface area contributed by atoms with Crippen LogP contribution in [0.4, 0.5) is 0 Å². The maximum absolute atomic E-state index is 12.7. The van der Waals surface area contributed by atoms with Crippen LogP contribution < -0.4 is 5.32 Å². The average molecular weight is 349 g/mol. The van der Waals surface area contributed by atoms with Gasteiger partial charge in [0.2, 0.25) is 10.0 Å². The van der Waals surface area contributed by atoms with E-state index in [9.17, 15) is 13.2 Å². The lowest BCUT2D eigenvalue weighted by atomic mass is 10.1. The Balaban J connectivity index is 0.00000242. The highest BCUT2D eigenvalue weighted by atomic mass is 35.5. The van der Waals surface area contributed by atoms with E-state index in [1.807, 2.05) is 0 Å². The summed E-state index contributed by atoms with van der Waals surface area (Å²) in [6.07, 6.45) is 0.773. The normalized spacial score (nSPS) is 16.5. The molecule has 0 aliphatic carbocycles. The third-order valence-corrected chi connectivity index (χ3v) is 5.45. The summed E-state index contributed by atoms with van der Waals surface area (Å²) in [5.74, 6) is -0.526. The predicted molar refractivity (Wildman–Crippen MR) is 86.0 cm³/mol. The van der Waals surface area contributed by atoms with E-state index in [1.54, 1.807) is 13.0 Å². The molecule has 1 aromatic rings. The number of rotatable bonds is 3. The molecule has 1 aliphatic heterocycles. The zero-order valence-corrected chi connectivity index (χ0v) is 14.3. The lowest BCUT2D eigenvalue weighted by molar-refractivity contribution is 0.0599. The zero-order valence-electron chi connectivity index (χ0n) is 12.7. The number of aryl methyl sites for hydroxylation is 1. The number of sulfonamides is 1. The second-order valence-electron chi connectivity index (χ2n) is 4.98. The van der Waals surface area contributed by atoms with Crippen molar-refractivity contribution in [3.05, 3.63) is 29.3 Å². The average Bonchev–Trinajstić information content (AvgIpc) is 2.76. The van der Waals surface area contributed by atoms with E-state index in [4.69, 9.17) is 4.74 Å². The largest absolute Gasteiger partial charge is 0.465 e. The van der Waals surface area contributed by atoms with Gasteiger partial charge in [-0.2, -0.15) is 4.31 Å². The molecule has 0 aromatic heterocycles. The van der Waals surface area contributed by atoms with Crippen LogP contribution in [0.1, 0.15) is 22.3 Å². The smallest absolute Gasteiger partial charge is 0.338 e. The van der Waals surface area contributed by atoms with Gasteiger partial charge in [0.15, 0.2) is 0 Å². The minimum Gasteiger partial charge on any atom is -0.465 e. The summed E-state index contributed by atoms with van der Waals surface area (Å²) in [6, 6.07) is 4.57. The van der Waals surface area contributed by atoms with E-state index in [0.29, 0.717) is 25.2 Å². The lowest BCUT2D eigenvalue weighted by Crippen LogP contribution is -2.34. The van der Waals surface area contributed by atoms with Crippen LogP contribution in [-0.2, 0) is 14.8 Å². The minimum absolute atomic E-state index is 0. The minimum atomic E-state index is -3.58. The SMILES string of the molecule is COC(=O)c1cc(S(=O)(=O)N2CCCNCC2)ccc1C.Cl. The van der Waals surface area contributed by atoms with E-state index < -0.39 is 16.0 Å². The van der Waals surface area contributed by atoms with E-state index in [1.165, 1.54) is 23.5 Å². The van der Waals surface area contributed by atoms with Crippen LogP contribution >= 0.6 is 12.4 Å². The fourth-order valence-electron chi connectivity index (χ4n) is 2.30. The molecule has 0 bridgehead atoms. The molecule has 0 atom stereocenters. The first-order valence-electron chi connectivity index (χ1n) is 6.86. The maximum Gasteiger partial charge on any atom is 0.338 e. The number of hydrogen-bond donors (Lipinski definition) is 1. The molecule has 0 amide bonds. The van der Waals surface area contributed by atoms with Gasteiger partial charge in [0, 0.05) is 19.6 Å². The van der Waals surface area contributed by atoms with Crippen LogP contribution in [0.15, 0.2) is 23.1 Å². The topological polar surface area (TPSA) is 75.7 Å². The van der Waals surface area contributed by atoms with Gasteiger partial charge in [-0.05, 0) is 37.6 Å². The molecular weight excluding hydrogens is 328 g/mol. The maximum atomic E-state index is 12.7. The second kappa shape index (κ2) is 7.92. The first kappa shape index (κ1) is 18.9. The number of methoxy groups -OCH3 is 1. The van der Waals surface area contributed by atoms with Gasteiger partial charge in [0.05, 0.1) is 17.6 Å². The van der Waals surface area contributed by atoms with Crippen molar-refractivity contribution >= 4 is 28.4 Å². The summed E-state index contributed by atoms with van der Waals surface area (Å²) in [5, 5.41) is 3.17. The Bertz CT molecular complexity index is 626. The monoisotopic (exact) mass is 348 g/mol. The van der Waals surface area contributed by atoms with Crippen molar-refractivity contribution in [2.75, 3.05) is 33.3 Å². The molecule has 6 nitrogen and oxygen atoms in total. The Morgan fingerprint density at radius 2 is 2.00 bits per heavy atom. The summed E-state index contributed by atoms with van der Waals surface area (Å²) in [7, 11) is -2.30. The van der Waals surface area contributed by atoms with Crippen molar-refractivity contribution in [3.8, 4) is 0 Å². The van der Waals surface area contributed by atoms with Crippen molar-refractivity contribution in [2.24, 2.45) is 0 Å². The summed E-state index contributed by atoms with van der Waals surface area (Å²) in [5.41, 5.74) is 0.977. The van der Waals surface area contributed by atoms with Crippen LogP contribution in [0.5, 0.6) is 0 Å². The lowest BCUT2D eigenvalue weighted by Gasteiger charge is -2.20. The van der Waals surface area contributed by atoms with Crippen molar-refractivity contribution in [1.29, 1.82) is 0 Å². The Morgan fingerprint density at radius 3 is 2.68 bits per heavy atom. The molecule has 2 rings (SSSR count). The summed E-state index contributed by atoms with van der Waals surface area (Å²) in [6.45, 7) is 4.11. The van der Waals surface area contributed by atoms with Crippen LogP contribution in [0, 0.1) is 6.92 Å². The Labute approximate surface area is 137 Å². The second-order valence-corrected chi connectivity index (χ2v) is 6.91. The van der Waals surface area contributed by atoms with Crippen molar-refractivity contribution in [3.63, 3.8) is 0 Å². The number of ether oxygens (including phenoxy) is 1. The highest BCUT2D eigenvalue weighted by Crippen LogP contribution is 2.20. The standard InChI is InChI=1S/C14H20N2O4S.ClH/c1-11-4-5-12(10-13(11)14(17)20-2)21(18,19)16-8-3-6-15-7-9-16;/h4-5,10,15H,3,6-9H2,1-2H3;1H. The van der Waals surface area contributed by atoms with Gasteiger partial charge >= 0.3 is 5.97 Å². The summed E-state index contributed by atoms with van der Waals surface area (Å²) < 4.78 is 31.5. The third-order valence-electron chi connectivity index (χ3n) is 3.55. The molecule has 22 heavy (non-hydrogen) atoms. The van der Waals surface area contributed by atoms with Gasteiger partial charge in [0.25, 0.3) is 0 Å². The molecule has 1 aliphatic rings. The van der Waals surface area contributed by atoms with Crippen LogP contribution in [0.25, 0.3) is 0 Å². The third kappa shape index (κ3) is 3.98. The fraction of sp³-hybridized carbons (Fsp3) is 0.500. The number of benzene rings is 1. The molecule has 1 fully saturated rings. The number of nitrogens with one attached hydrogen (secondary N) is 1. The molecule has 8 heteroatoms. The highest BCUT2D eigenvalue weighted by Gasteiger charge is 2.26. The molecule has 1 aromatic carbocycles. The van der Waals surface area contributed by atoms with Crippen LogP contribution in [0.2, 0.25) is 0 Å². The first-order valence-corrected chi connectivity index (χ1v) is 8.30. The quantitative estimate of drug-likeness (QED) is 0.830. The molecular formula is C14H21ClN2O4S. The number of hydrogen-bond acceptors (Lipinski definition) is 5. The van der Waals surface area contributed by atoms with Gasteiger partial charge in [0.1, 0.15) is 0 Å². The van der Waals surface area contributed by atoms with E-state index in [2.05, 4.69) is 5.32 Å². The number of carbonyl (C=O) groups excluding carboxylic acids is 1. The van der Waals surface area contributed by atoms with Gasteiger partial charge in [-0.25, -0.2) is 13.2 Å². The summed E-state index contributed by atoms with van der Waals surface area (Å²) >= 11 is 0. The van der Waals surface area contributed by atoms with E-state index in [0.717, 1.165) is 13.0 Å². The molecule has 124 valence electrons. The molecule has 1 heterocycles. The van der Waals surface area contributed by atoms with Gasteiger partial charge in [-0.1, -0.05) is 6.07 Å². The molecule has 0 unspecified atom stereocenters. The Hall–Kier alpha value is -1.15. The van der Waals surface area contributed by atoms with E-state index in [-0.39, 0.29) is 22.9 Å². The molecule has 1 N–H and O–H groups in total. The van der Waals surface area contributed by atoms with Crippen molar-refractivity contribution in [1.82, 2.24) is 9.62 Å². The van der Waals surface area contributed by atoms with E-state index >= 15 is 0 Å². The molecule has 0 radical (unpaired) electrons. The Kier molecular flexibility index (Phi) is 6.80. The summed E-state index contributed by atoms with van der Waals surface area (Å²) in [4.78, 5) is 11.8. The van der Waals surface area contributed by atoms with Crippen molar-refractivity contribution < 1.29 is 17.9 Å². The highest BCUT2D eigenvalue weighted by molar-refractivity contribution is 7.89. The van der Waals surface area contributed by atoms with Gasteiger partial charge in [-0.15, -0.1) is 12.4 Å². The number of halogens is 1. The predicted octanol–water partition coefficient (Wildman–Crippen LogP) is 1.19. The number of nitrogens with zero attached hydrogens (tertiary/aromatic N) is 1. The van der Waals surface area contributed by atoms with Gasteiger partial charge < -0.3 is 10.1 Å². The van der Waals surface area contributed by atoms with Crippen molar-refractivity contribution in [2.45, 2.75) is 18.2 Å². The molecule has 1 saturated heterocycles. The Morgan fingerprint density at radius 1 is 1.27 bits per heavy atom. The molecule has 0 spiro atoms. The zero-order chi connectivity index (χ0) is 15.5. The first-order chi connectivity index (χ1) is 9.96. The van der Waals surface area contributed by atoms with Gasteiger partial charge in [-0.3, -0.25) is 0 Å². The number of carbonyl (C=O) groups is 1. The molecule has 0 saturated carbocycles. The van der Waals surface area contributed by atoms with Crippen LogP contribution in [0.3, 0.4) is 0 Å².